The van der Waals surface area contributed by atoms with E-state index in [2.05, 4.69) is 43.4 Å². The fourth-order valence-corrected chi connectivity index (χ4v) is 4.35. The molecule has 0 bridgehead atoms. The number of anilines is 1. The van der Waals surface area contributed by atoms with Crippen LogP contribution >= 0.6 is 27.3 Å². The molecule has 2 aromatic heterocycles. The van der Waals surface area contributed by atoms with Crippen molar-refractivity contribution in [2.45, 2.75) is 46.0 Å². The van der Waals surface area contributed by atoms with Crippen molar-refractivity contribution in [2.24, 2.45) is 5.92 Å². The van der Waals surface area contributed by atoms with Gasteiger partial charge in [-0.25, -0.2) is 4.98 Å². The van der Waals surface area contributed by atoms with Gasteiger partial charge in [0, 0.05) is 10.6 Å². The molecule has 2 aromatic rings. The predicted molar refractivity (Wildman–Crippen MR) is 91.5 cm³/mol. The maximum absolute atomic E-state index is 12.3. The fourth-order valence-electron chi connectivity index (χ4n) is 2.87. The summed E-state index contributed by atoms with van der Waals surface area (Å²) in [5.41, 5.74) is 2.37. The van der Waals surface area contributed by atoms with Gasteiger partial charge in [0.2, 0.25) is 0 Å². The van der Waals surface area contributed by atoms with E-state index < -0.39 is 0 Å². The van der Waals surface area contributed by atoms with Crippen molar-refractivity contribution < 1.29 is 4.79 Å². The summed E-state index contributed by atoms with van der Waals surface area (Å²) in [5.74, 6) is 0.539. The number of hydrogen-bond donors (Lipinski definition) is 2. The Kier molecular flexibility index (Phi) is 4.63. The van der Waals surface area contributed by atoms with Crippen LogP contribution in [-0.2, 0) is 12.8 Å². The van der Waals surface area contributed by atoms with E-state index in [4.69, 9.17) is 0 Å². The van der Waals surface area contributed by atoms with Gasteiger partial charge in [-0.1, -0.05) is 19.8 Å². The first-order chi connectivity index (χ1) is 10.6. The van der Waals surface area contributed by atoms with Gasteiger partial charge in [-0.2, -0.15) is 5.10 Å². The summed E-state index contributed by atoms with van der Waals surface area (Å²) in [6.07, 6.45) is 5.84. The van der Waals surface area contributed by atoms with Crippen LogP contribution in [0.15, 0.2) is 4.47 Å². The van der Waals surface area contributed by atoms with Gasteiger partial charge in [0.05, 0.1) is 10.2 Å². The molecule has 1 atom stereocenters. The number of aromatic amines is 1. The summed E-state index contributed by atoms with van der Waals surface area (Å²) in [6, 6.07) is 0. The van der Waals surface area contributed by atoms with Crippen molar-refractivity contribution in [2.75, 3.05) is 5.32 Å². The number of nitrogens with one attached hydrogen (secondary N) is 2. The number of carbonyl (C=O) groups is 1. The van der Waals surface area contributed by atoms with Gasteiger partial charge in [0.25, 0.3) is 5.91 Å². The van der Waals surface area contributed by atoms with Gasteiger partial charge in [0.1, 0.15) is 0 Å². The average Bonchev–Trinajstić information content (AvgIpc) is 3.03. The van der Waals surface area contributed by atoms with Crippen LogP contribution in [0, 0.1) is 12.8 Å². The largest absolute Gasteiger partial charge is 0.296 e. The Bertz CT molecular complexity index is 694. The lowest BCUT2D eigenvalue weighted by Crippen LogP contribution is -2.13. The van der Waals surface area contributed by atoms with Gasteiger partial charge in [-0.3, -0.25) is 15.2 Å². The Labute approximate surface area is 142 Å². The van der Waals surface area contributed by atoms with Gasteiger partial charge >= 0.3 is 0 Å². The fraction of sp³-hybridized carbons (Fsp3) is 0.533. The maximum Gasteiger partial charge on any atom is 0.279 e. The number of rotatable bonds is 4. The molecule has 118 valence electrons. The summed E-state index contributed by atoms with van der Waals surface area (Å²) in [5, 5.41) is 10.4. The lowest BCUT2D eigenvalue weighted by Gasteiger charge is -2.19. The summed E-state index contributed by atoms with van der Waals surface area (Å²) >= 11 is 4.98. The topological polar surface area (TPSA) is 70.7 Å². The van der Waals surface area contributed by atoms with Crippen LogP contribution in [0.3, 0.4) is 0 Å². The minimum absolute atomic E-state index is 0.229. The number of thiazole rings is 1. The molecule has 22 heavy (non-hydrogen) atoms. The van der Waals surface area contributed by atoms with Crippen LogP contribution in [0.4, 0.5) is 5.13 Å². The van der Waals surface area contributed by atoms with E-state index in [-0.39, 0.29) is 5.91 Å². The molecule has 0 fully saturated rings. The molecule has 0 radical (unpaired) electrons. The quantitative estimate of drug-likeness (QED) is 0.835. The highest BCUT2D eigenvalue weighted by Crippen LogP contribution is 2.34. The number of hydrogen-bond acceptors (Lipinski definition) is 4. The number of aromatic nitrogens is 3. The molecule has 1 aliphatic carbocycles. The highest BCUT2D eigenvalue weighted by Gasteiger charge is 2.23. The second kappa shape index (κ2) is 6.50. The predicted octanol–water partition coefficient (Wildman–Crippen LogP) is 4.09. The number of aryl methyl sites for hydroxylation is 2. The smallest absolute Gasteiger partial charge is 0.279 e. The molecule has 0 saturated carbocycles. The summed E-state index contributed by atoms with van der Waals surface area (Å²) < 4.78 is 0.703. The third-order valence-electron chi connectivity index (χ3n) is 4.05. The summed E-state index contributed by atoms with van der Waals surface area (Å²) in [4.78, 5) is 18.2. The monoisotopic (exact) mass is 382 g/mol. The SMILES string of the molecule is CCCC1CCc2nc(NC(=O)c3n[nH]c(C)c3Br)sc2C1. The van der Waals surface area contributed by atoms with Crippen molar-refractivity contribution in [1.82, 2.24) is 15.2 Å². The molecule has 1 unspecified atom stereocenters. The van der Waals surface area contributed by atoms with E-state index in [1.807, 2.05) is 6.92 Å². The first-order valence-electron chi connectivity index (χ1n) is 7.58. The van der Waals surface area contributed by atoms with Crippen molar-refractivity contribution in [3.8, 4) is 0 Å². The number of nitrogens with zero attached hydrogens (tertiary/aromatic N) is 2. The van der Waals surface area contributed by atoms with Crippen molar-refractivity contribution >= 4 is 38.3 Å². The number of halogens is 1. The molecular formula is C15H19BrN4OS. The number of amides is 1. The average molecular weight is 383 g/mol. The van der Waals surface area contributed by atoms with E-state index >= 15 is 0 Å². The third kappa shape index (κ3) is 3.10. The molecule has 0 aromatic carbocycles. The second-order valence-corrected chi connectivity index (χ2v) is 7.63. The van der Waals surface area contributed by atoms with Gasteiger partial charge in [-0.05, 0) is 48.0 Å². The van der Waals surface area contributed by atoms with E-state index in [1.54, 1.807) is 11.3 Å². The van der Waals surface area contributed by atoms with Crippen LogP contribution < -0.4 is 5.32 Å². The highest BCUT2D eigenvalue weighted by molar-refractivity contribution is 9.10. The lowest BCUT2D eigenvalue weighted by atomic mass is 9.88. The van der Waals surface area contributed by atoms with E-state index in [9.17, 15) is 4.79 Å². The first kappa shape index (κ1) is 15.7. The standard InChI is InChI=1S/C15H19BrN4OS/c1-3-4-9-5-6-10-11(7-9)22-15(17-10)18-14(21)13-12(16)8(2)19-20-13/h9H,3-7H2,1-2H3,(H,19,20)(H,17,18,21). The zero-order valence-corrected chi connectivity index (χ0v) is 15.1. The van der Waals surface area contributed by atoms with Gasteiger partial charge < -0.3 is 0 Å². The third-order valence-corrected chi connectivity index (χ3v) is 6.05. The van der Waals surface area contributed by atoms with E-state index in [1.165, 1.54) is 24.1 Å². The molecule has 1 amide bonds. The molecule has 3 rings (SSSR count). The molecule has 0 saturated heterocycles. The number of fused-ring (bicyclic) bond motifs is 1. The van der Waals surface area contributed by atoms with E-state index in [0.29, 0.717) is 15.3 Å². The Morgan fingerprint density at radius 3 is 3.05 bits per heavy atom. The van der Waals surface area contributed by atoms with Gasteiger partial charge in [-0.15, -0.1) is 11.3 Å². The zero-order chi connectivity index (χ0) is 15.7. The van der Waals surface area contributed by atoms with Crippen LogP contribution in [0.2, 0.25) is 0 Å². The minimum atomic E-state index is -0.229. The Balaban J connectivity index is 1.72. The molecule has 0 aliphatic heterocycles. The van der Waals surface area contributed by atoms with Crippen molar-refractivity contribution in [3.05, 3.63) is 26.4 Å². The Morgan fingerprint density at radius 1 is 1.55 bits per heavy atom. The van der Waals surface area contributed by atoms with Crippen molar-refractivity contribution in [1.29, 1.82) is 0 Å². The summed E-state index contributed by atoms with van der Waals surface area (Å²) in [7, 11) is 0. The minimum Gasteiger partial charge on any atom is -0.296 e. The first-order valence-corrected chi connectivity index (χ1v) is 9.19. The van der Waals surface area contributed by atoms with Crippen LogP contribution in [0.1, 0.15) is 52.9 Å². The van der Waals surface area contributed by atoms with Crippen LogP contribution in [-0.4, -0.2) is 21.1 Å². The molecule has 0 spiro atoms. The van der Waals surface area contributed by atoms with E-state index in [0.717, 1.165) is 30.1 Å². The van der Waals surface area contributed by atoms with Crippen LogP contribution in [0.5, 0.6) is 0 Å². The molecular weight excluding hydrogens is 364 g/mol. The zero-order valence-electron chi connectivity index (χ0n) is 12.7. The number of carbonyl (C=O) groups excluding carboxylic acids is 1. The normalized spacial score (nSPS) is 17.3. The maximum atomic E-state index is 12.3. The lowest BCUT2D eigenvalue weighted by molar-refractivity contribution is 0.102. The molecule has 2 heterocycles. The Hall–Kier alpha value is -1.21. The number of H-pyrrole nitrogens is 1. The second-order valence-electron chi connectivity index (χ2n) is 5.75. The molecule has 1 aliphatic rings. The summed E-state index contributed by atoms with van der Waals surface area (Å²) in [6.45, 7) is 4.10. The molecule has 5 nitrogen and oxygen atoms in total. The molecule has 2 N–H and O–H groups in total. The highest BCUT2D eigenvalue weighted by atomic mass is 79.9. The van der Waals surface area contributed by atoms with Gasteiger partial charge in [0.15, 0.2) is 10.8 Å². The molecule has 7 heteroatoms. The van der Waals surface area contributed by atoms with Crippen molar-refractivity contribution in [3.63, 3.8) is 0 Å². The van der Waals surface area contributed by atoms with Crippen LogP contribution in [0.25, 0.3) is 0 Å². The Morgan fingerprint density at radius 2 is 2.36 bits per heavy atom.